The minimum absolute atomic E-state index is 0.0175. The smallest absolute Gasteiger partial charge is 0.298 e. The van der Waals surface area contributed by atoms with Crippen LogP contribution in [-0.4, -0.2) is 11.8 Å². The molecule has 0 aliphatic heterocycles. The second-order valence-electron chi connectivity index (χ2n) is 6.82. The number of carbonyl (C=O) groups is 2. The zero-order chi connectivity index (χ0) is 24.9. The fourth-order valence-corrected chi connectivity index (χ4v) is 2.84. The molecule has 0 saturated heterocycles. The number of alkyl halides is 6. The molecular formula is C22H16F6N4O2. The van der Waals surface area contributed by atoms with Crippen molar-refractivity contribution >= 4 is 23.2 Å². The number of anilines is 2. The average Bonchev–Trinajstić information content (AvgIpc) is 2.80. The molecule has 0 aliphatic carbocycles. The maximum Gasteiger partial charge on any atom is 0.418 e. The van der Waals surface area contributed by atoms with Crippen LogP contribution in [0.1, 0.15) is 31.8 Å². The predicted molar refractivity (Wildman–Crippen MR) is 112 cm³/mol. The first-order valence-corrected chi connectivity index (χ1v) is 9.52. The number of carbonyl (C=O) groups excluding carboxylic acids is 2. The van der Waals surface area contributed by atoms with Gasteiger partial charge in [-0.2, -0.15) is 26.3 Å². The maximum absolute atomic E-state index is 13.0. The van der Waals surface area contributed by atoms with E-state index in [0.717, 1.165) is 24.3 Å². The minimum atomic E-state index is -4.63. The second-order valence-corrected chi connectivity index (χ2v) is 6.82. The number of hydrazine groups is 2. The molecule has 0 unspecified atom stereocenters. The highest BCUT2D eigenvalue weighted by molar-refractivity contribution is 5.98. The summed E-state index contributed by atoms with van der Waals surface area (Å²) in [5, 5.41) is 0. The van der Waals surface area contributed by atoms with Gasteiger partial charge in [0.1, 0.15) is 0 Å². The van der Waals surface area contributed by atoms with Crippen molar-refractivity contribution in [3.63, 3.8) is 0 Å². The molecule has 0 aromatic heterocycles. The summed E-state index contributed by atoms with van der Waals surface area (Å²) in [5.41, 5.74) is 6.07. The minimum Gasteiger partial charge on any atom is -0.298 e. The zero-order valence-electron chi connectivity index (χ0n) is 17.0. The average molecular weight is 482 g/mol. The lowest BCUT2D eigenvalue weighted by Crippen LogP contribution is -2.31. The zero-order valence-corrected chi connectivity index (χ0v) is 17.0. The molecule has 0 saturated carbocycles. The van der Waals surface area contributed by atoms with Gasteiger partial charge in [0.15, 0.2) is 0 Å². The van der Waals surface area contributed by atoms with Crippen LogP contribution in [0.15, 0.2) is 72.8 Å². The van der Waals surface area contributed by atoms with Crippen molar-refractivity contribution in [2.24, 2.45) is 0 Å². The lowest BCUT2D eigenvalue weighted by molar-refractivity contribution is -0.137. The highest BCUT2D eigenvalue weighted by atomic mass is 19.4. The highest BCUT2D eigenvalue weighted by Crippen LogP contribution is 2.35. The molecule has 12 heteroatoms. The molecule has 0 bridgehead atoms. The van der Waals surface area contributed by atoms with E-state index in [4.69, 9.17) is 0 Å². The molecule has 2 amide bonds. The van der Waals surface area contributed by atoms with Crippen LogP contribution in [0.5, 0.6) is 0 Å². The molecule has 3 aromatic rings. The van der Waals surface area contributed by atoms with E-state index in [-0.39, 0.29) is 22.5 Å². The number of para-hydroxylation sites is 2. The standard InChI is InChI=1S/C22H16F6N4O2/c23-21(24,25)15-5-1-3-7-17(15)29-31-19(33)13-9-11-14(12-10-13)20(34)32-30-18-8-4-2-6-16(18)22(26,27)28/h1-12,29-30H,(H,31,33)(H,32,34). The summed E-state index contributed by atoms with van der Waals surface area (Å²) in [5.74, 6) is -1.55. The monoisotopic (exact) mass is 482 g/mol. The number of hydrogen-bond acceptors (Lipinski definition) is 4. The predicted octanol–water partition coefficient (Wildman–Crippen LogP) is 5.24. The third kappa shape index (κ3) is 5.97. The number of amides is 2. The van der Waals surface area contributed by atoms with Gasteiger partial charge >= 0.3 is 12.4 Å². The van der Waals surface area contributed by atoms with Crippen molar-refractivity contribution in [2.75, 3.05) is 10.9 Å². The van der Waals surface area contributed by atoms with E-state index >= 15 is 0 Å². The van der Waals surface area contributed by atoms with E-state index < -0.39 is 35.3 Å². The number of benzene rings is 3. The molecule has 6 nitrogen and oxygen atoms in total. The van der Waals surface area contributed by atoms with Crippen LogP contribution in [0, 0.1) is 0 Å². The Morgan fingerprint density at radius 2 is 0.853 bits per heavy atom. The van der Waals surface area contributed by atoms with Crippen molar-refractivity contribution in [1.29, 1.82) is 0 Å². The Labute approximate surface area is 188 Å². The van der Waals surface area contributed by atoms with E-state index in [1.165, 1.54) is 48.5 Å². The van der Waals surface area contributed by atoms with Crippen LogP contribution in [0.4, 0.5) is 37.7 Å². The summed E-state index contributed by atoms with van der Waals surface area (Å²) in [4.78, 5) is 24.5. The Hall–Kier alpha value is -4.22. The van der Waals surface area contributed by atoms with Gasteiger partial charge in [-0.15, -0.1) is 0 Å². The molecule has 0 fully saturated rings. The molecule has 3 rings (SSSR count). The molecule has 0 aliphatic rings. The van der Waals surface area contributed by atoms with E-state index in [1.807, 2.05) is 0 Å². The molecule has 34 heavy (non-hydrogen) atoms. The van der Waals surface area contributed by atoms with Crippen LogP contribution in [0.2, 0.25) is 0 Å². The highest BCUT2D eigenvalue weighted by Gasteiger charge is 2.34. The van der Waals surface area contributed by atoms with Crippen molar-refractivity contribution in [3.05, 3.63) is 95.1 Å². The Balaban J connectivity index is 1.61. The first-order valence-electron chi connectivity index (χ1n) is 9.52. The van der Waals surface area contributed by atoms with Gasteiger partial charge in [0.25, 0.3) is 11.8 Å². The first kappa shape index (κ1) is 24.4. The third-order valence-corrected chi connectivity index (χ3v) is 4.50. The summed E-state index contributed by atoms with van der Waals surface area (Å²) in [7, 11) is 0. The van der Waals surface area contributed by atoms with Gasteiger partial charge in [-0.1, -0.05) is 24.3 Å². The molecule has 3 aromatic carbocycles. The number of hydrogen-bond donors (Lipinski definition) is 4. The van der Waals surface area contributed by atoms with Crippen molar-refractivity contribution < 1.29 is 35.9 Å². The Kier molecular flexibility index (Phi) is 6.99. The Morgan fingerprint density at radius 3 is 1.18 bits per heavy atom. The fourth-order valence-electron chi connectivity index (χ4n) is 2.84. The van der Waals surface area contributed by atoms with Crippen molar-refractivity contribution in [2.45, 2.75) is 12.4 Å². The van der Waals surface area contributed by atoms with Crippen LogP contribution in [-0.2, 0) is 12.4 Å². The van der Waals surface area contributed by atoms with Crippen LogP contribution in [0.25, 0.3) is 0 Å². The topological polar surface area (TPSA) is 82.3 Å². The lowest BCUT2D eigenvalue weighted by atomic mass is 10.1. The van der Waals surface area contributed by atoms with Gasteiger partial charge in [-0.25, -0.2) is 0 Å². The Bertz CT molecular complexity index is 1080. The summed E-state index contributed by atoms with van der Waals surface area (Å²) in [6.45, 7) is 0. The largest absolute Gasteiger partial charge is 0.418 e. The molecule has 0 atom stereocenters. The second kappa shape index (κ2) is 9.73. The molecule has 178 valence electrons. The van der Waals surface area contributed by atoms with E-state index in [1.54, 1.807) is 0 Å². The molecule has 4 N–H and O–H groups in total. The molecule has 0 spiro atoms. The van der Waals surface area contributed by atoms with E-state index in [9.17, 15) is 35.9 Å². The van der Waals surface area contributed by atoms with Crippen molar-refractivity contribution in [1.82, 2.24) is 10.9 Å². The van der Waals surface area contributed by atoms with Gasteiger partial charge < -0.3 is 0 Å². The van der Waals surface area contributed by atoms with Crippen LogP contribution < -0.4 is 21.7 Å². The van der Waals surface area contributed by atoms with Gasteiger partial charge in [0.2, 0.25) is 0 Å². The molecule has 0 radical (unpaired) electrons. The van der Waals surface area contributed by atoms with Gasteiger partial charge in [0.05, 0.1) is 22.5 Å². The van der Waals surface area contributed by atoms with Gasteiger partial charge in [-0.05, 0) is 48.5 Å². The quantitative estimate of drug-likeness (QED) is 0.286. The van der Waals surface area contributed by atoms with Crippen molar-refractivity contribution in [3.8, 4) is 0 Å². The summed E-state index contributed by atoms with van der Waals surface area (Å²) in [6.07, 6.45) is -9.25. The van der Waals surface area contributed by atoms with Crippen LogP contribution >= 0.6 is 0 Å². The summed E-state index contributed by atoms with van der Waals surface area (Å²) < 4.78 is 78.1. The maximum atomic E-state index is 13.0. The third-order valence-electron chi connectivity index (χ3n) is 4.50. The van der Waals surface area contributed by atoms with Crippen LogP contribution in [0.3, 0.4) is 0 Å². The number of nitrogens with one attached hydrogen (secondary N) is 4. The lowest BCUT2D eigenvalue weighted by Gasteiger charge is -2.15. The normalized spacial score (nSPS) is 11.5. The van der Waals surface area contributed by atoms with Gasteiger partial charge in [-0.3, -0.25) is 31.3 Å². The van der Waals surface area contributed by atoms with E-state index in [0.29, 0.717) is 0 Å². The molecular weight excluding hydrogens is 466 g/mol. The molecule has 0 heterocycles. The number of halogens is 6. The SMILES string of the molecule is O=C(NNc1ccccc1C(F)(F)F)c1ccc(C(=O)NNc2ccccc2C(F)(F)F)cc1. The first-order chi connectivity index (χ1) is 16.0. The van der Waals surface area contributed by atoms with Gasteiger partial charge in [0, 0.05) is 11.1 Å². The van der Waals surface area contributed by atoms with E-state index in [2.05, 4.69) is 21.7 Å². The summed E-state index contributed by atoms with van der Waals surface area (Å²) >= 11 is 0. The fraction of sp³-hybridized carbons (Fsp3) is 0.0909. The Morgan fingerprint density at radius 1 is 0.529 bits per heavy atom. The number of rotatable bonds is 6. The summed E-state index contributed by atoms with van der Waals surface area (Å²) in [6, 6.07) is 14.0.